The third kappa shape index (κ3) is 4.20. The Hall–Kier alpha value is -1.09. The van der Waals surface area contributed by atoms with E-state index < -0.39 is 0 Å². The fourth-order valence-electron chi connectivity index (χ4n) is 2.28. The summed E-state index contributed by atoms with van der Waals surface area (Å²) < 4.78 is 0. The number of nitrogens with one attached hydrogen (secondary N) is 1. The van der Waals surface area contributed by atoms with Gasteiger partial charge in [0.15, 0.2) is 0 Å². The lowest BCUT2D eigenvalue weighted by Crippen LogP contribution is -2.36. The van der Waals surface area contributed by atoms with Gasteiger partial charge in [-0.1, -0.05) is 13.0 Å². The van der Waals surface area contributed by atoms with Crippen LogP contribution >= 0.6 is 0 Å². The molecule has 0 spiro atoms. The van der Waals surface area contributed by atoms with Gasteiger partial charge in [0.25, 0.3) is 0 Å². The molecular weight excluding hydrogens is 234 g/mol. The minimum absolute atomic E-state index is 0.141. The lowest BCUT2D eigenvalue weighted by Gasteiger charge is -2.27. The van der Waals surface area contributed by atoms with E-state index >= 15 is 0 Å². The van der Waals surface area contributed by atoms with E-state index in [-0.39, 0.29) is 5.54 Å². The van der Waals surface area contributed by atoms with Crippen LogP contribution < -0.4 is 10.2 Å². The maximum absolute atomic E-state index is 4.65. The van der Waals surface area contributed by atoms with Crippen molar-refractivity contribution in [3.63, 3.8) is 0 Å². The first-order chi connectivity index (χ1) is 9.01. The molecular formula is C16H27N3. The predicted octanol–water partition coefficient (Wildman–Crippen LogP) is 3.35. The second-order valence-corrected chi connectivity index (χ2v) is 6.51. The third-order valence-electron chi connectivity index (χ3n) is 3.40. The summed E-state index contributed by atoms with van der Waals surface area (Å²) in [6.07, 6.45) is 5.74. The van der Waals surface area contributed by atoms with Crippen LogP contribution in [0.1, 0.15) is 52.5 Å². The Labute approximate surface area is 117 Å². The van der Waals surface area contributed by atoms with Gasteiger partial charge in [-0.25, -0.2) is 4.98 Å². The van der Waals surface area contributed by atoms with E-state index in [1.807, 2.05) is 12.3 Å². The van der Waals surface area contributed by atoms with Crippen LogP contribution in [-0.2, 0) is 6.54 Å². The highest BCUT2D eigenvalue weighted by atomic mass is 15.2. The molecule has 3 heteroatoms. The zero-order valence-corrected chi connectivity index (χ0v) is 12.7. The first-order valence-electron chi connectivity index (χ1n) is 7.47. The Morgan fingerprint density at radius 2 is 2.11 bits per heavy atom. The topological polar surface area (TPSA) is 28.2 Å². The molecule has 1 saturated carbocycles. The fraction of sp³-hybridized carbons (Fsp3) is 0.688. The number of anilines is 1. The molecule has 0 bridgehead atoms. The molecule has 1 aliphatic rings. The largest absolute Gasteiger partial charge is 0.353 e. The van der Waals surface area contributed by atoms with Crippen LogP contribution in [0.5, 0.6) is 0 Å². The summed E-state index contributed by atoms with van der Waals surface area (Å²) in [4.78, 5) is 7.15. The van der Waals surface area contributed by atoms with E-state index in [0.717, 1.165) is 19.1 Å². The van der Waals surface area contributed by atoms with Gasteiger partial charge in [0.05, 0.1) is 0 Å². The molecule has 0 radical (unpaired) electrons. The van der Waals surface area contributed by atoms with Gasteiger partial charge in [-0.2, -0.15) is 0 Å². The van der Waals surface area contributed by atoms with Crippen LogP contribution in [0.2, 0.25) is 0 Å². The molecule has 1 aliphatic carbocycles. The molecule has 1 heterocycles. The van der Waals surface area contributed by atoms with E-state index in [0.29, 0.717) is 0 Å². The SMILES string of the molecule is CCCN(c1ncccc1CNC(C)(C)C)C1CC1. The molecule has 19 heavy (non-hydrogen) atoms. The van der Waals surface area contributed by atoms with Crippen molar-refractivity contribution in [2.45, 2.75) is 65.1 Å². The van der Waals surface area contributed by atoms with Gasteiger partial charge in [0.2, 0.25) is 0 Å². The number of rotatable bonds is 6. The van der Waals surface area contributed by atoms with Crippen LogP contribution in [0.4, 0.5) is 5.82 Å². The van der Waals surface area contributed by atoms with E-state index in [1.165, 1.54) is 30.6 Å². The van der Waals surface area contributed by atoms with Crippen LogP contribution in [0, 0.1) is 0 Å². The second-order valence-electron chi connectivity index (χ2n) is 6.51. The molecule has 0 saturated heterocycles. The summed E-state index contributed by atoms with van der Waals surface area (Å²) in [6, 6.07) is 4.97. The number of pyridine rings is 1. The maximum Gasteiger partial charge on any atom is 0.133 e. The maximum atomic E-state index is 4.65. The summed E-state index contributed by atoms with van der Waals surface area (Å²) in [5.41, 5.74) is 1.46. The van der Waals surface area contributed by atoms with Gasteiger partial charge in [-0.05, 0) is 46.1 Å². The minimum Gasteiger partial charge on any atom is -0.353 e. The smallest absolute Gasteiger partial charge is 0.133 e. The average molecular weight is 261 g/mol. The molecule has 2 rings (SSSR count). The van der Waals surface area contributed by atoms with Gasteiger partial charge >= 0.3 is 0 Å². The monoisotopic (exact) mass is 261 g/mol. The van der Waals surface area contributed by atoms with Crippen molar-refractivity contribution >= 4 is 5.82 Å². The molecule has 1 aromatic rings. The second kappa shape index (κ2) is 5.91. The van der Waals surface area contributed by atoms with Crippen molar-refractivity contribution in [3.8, 4) is 0 Å². The van der Waals surface area contributed by atoms with E-state index in [1.54, 1.807) is 0 Å². The predicted molar refractivity (Wildman–Crippen MR) is 81.5 cm³/mol. The Balaban J connectivity index is 2.14. The van der Waals surface area contributed by atoms with Crippen molar-refractivity contribution in [2.75, 3.05) is 11.4 Å². The summed E-state index contributed by atoms with van der Waals surface area (Å²) >= 11 is 0. The summed E-state index contributed by atoms with van der Waals surface area (Å²) in [7, 11) is 0. The van der Waals surface area contributed by atoms with Crippen molar-refractivity contribution in [1.29, 1.82) is 0 Å². The molecule has 3 nitrogen and oxygen atoms in total. The quantitative estimate of drug-likeness (QED) is 0.851. The Morgan fingerprint density at radius 3 is 2.68 bits per heavy atom. The zero-order valence-electron chi connectivity index (χ0n) is 12.7. The van der Waals surface area contributed by atoms with E-state index in [4.69, 9.17) is 0 Å². The molecule has 0 aromatic carbocycles. The van der Waals surface area contributed by atoms with Gasteiger partial charge < -0.3 is 10.2 Å². The Bertz CT molecular complexity index is 405. The summed E-state index contributed by atoms with van der Waals surface area (Å²) in [6.45, 7) is 10.9. The third-order valence-corrected chi connectivity index (χ3v) is 3.40. The van der Waals surface area contributed by atoms with Gasteiger partial charge in [0.1, 0.15) is 5.82 Å². The molecule has 1 aromatic heterocycles. The van der Waals surface area contributed by atoms with Gasteiger partial charge in [-0.3, -0.25) is 0 Å². The van der Waals surface area contributed by atoms with Crippen LogP contribution in [0.15, 0.2) is 18.3 Å². The van der Waals surface area contributed by atoms with E-state index in [9.17, 15) is 0 Å². The summed E-state index contributed by atoms with van der Waals surface area (Å²) in [5.74, 6) is 1.18. The van der Waals surface area contributed by atoms with Gasteiger partial charge in [0, 0.05) is 36.4 Å². The lowest BCUT2D eigenvalue weighted by atomic mass is 10.1. The summed E-state index contributed by atoms with van der Waals surface area (Å²) in [5, 5.41) is 3.57. The van der Waals surface area contributed by atoms with E-state index in [2.05, 4.69) is 49.0 Å². The van der Waals surface area contributed by atoms with Crippen molar-refractivity contribution in [3.05, 3.63) is 23.9 Å². The molecule has 1 fully saturated rings. The lowest BCUT2D eigenvalue weighted by molar-refractivity contribution is 0.424. The standard InChI is InChI=1S/C16H27N3/c1-5-11-19(14-8-9-14)15-13(7-6-10-17-15)12-18-16(2,3)4/h6-7,10,14,18H,5,8-9,11-12H2,1-4H3. The van der Waals surface area contributed by atoms with Crippen molar-refractivity contribution in [2.24, 2.45) is 0 Å². The highest BCUT2D eigenvalue weighted by Crippen LogP contribution is 2.32. The minimum atomic E-state index is 0.141. The molecule has 0 unspecified atom stereocenters. The first-order valence-corrected chi connectivity index (χ1v) is 7.47. The molecule has 106 valence electrons. The zero-order chi connectivity index (χ0) is 13.9. The van der Waals surface area contributed by atoms with Crippen LogP contribution in [0.3, 0.4) is 0 Å². The van der Waals surface area contributed by atoms with Crippen molar-refractivity contribution < 1.29 is 0 Å². The number of hydrogen-bond acceptors (Lipinski definition) is 3. The molecule has 0 aliphatic heterocycles. The molecule has 0 amide bonds. The average Bonchev–Trinajstić information content (AvgIpc) is 3.17. The van der Waals surface area contributed by atoms with Gasteiger partial charge in [-0.15, -0.1) is 0 Å². The molecule has 0 atom stereocenters. The number of hydrogen-bond donors (Lipinski definition) is 1. The van der Waals surface area contributed by atoms with Crippen LogP contribution in [-0.4, -0.2) is 23.1 Å². The fourth-order valence-corrected chi connectivity index (χ4v) is 2.28. The first kappa shape index (κ1) is 14.3. The highest BCUT2D eigenvalue weighted by molar-refractivity contribution is 5.48. The highest BCUT2D eigenvalue weighted by Gasteiger charge is 2.30. The Morgan fingerprint density at radius 1 is 1.37 bits per heavy atom. The van der Waals surface area contributed by atoms with Crippen LogP contribution in [0.25, 0.3) is 0 Å². The number of nitrogens with zero attached hydrogens (tertiary/aromatic N) is 2. The van der Waals surface area contributed by atoms with Crippen molar-refractivity contribution in [1.82, 2.24) is 10.3 Å². The number of aromatic nitrogens is 1. The normalized spacial score (nSPS) is 15.6. The Kier molecular flexibility index (Phi) is 4.46. The molecule has 1 N–H and O–H groups in total.